The standard InChI is InChI=1S/C10H19N5O/c1-14-4-6-15(7-5-14)3-2-11-8-10-12-9-16-13-10/h9,11H,2-8H2,1H3. The number of nitrogens with one attached hydrogen (secondary N) is 1. The molecule has 2 rings (SSSR count). The molecular formula is C10H19N5O. The van der Waals surface area contributed by atoms with Gasteiger partial charge in [-0.05, 0) is 7.05 Å². The first-order valence-electron chi connectivity index (χ1n) is 5.71. The maximum Gasteiger partial charge on any atom is 0.213 e. The third-order valence-corrected chi connectivity index (χ3v) is 2.89. The number of likely N-dealkylation sites (N-methyl/N-ethyl adjacent to an activating group) is 1. The largest absolute Gasteiger partial charge is 0.343 e. The fourth-order valence-electron chi connectivity index (χ4n) is 1.78. The average molecular weight is 225 g/mol. The Kier molecular flexibility index (Phi) is 4.26. The van der Waals surface area contributed by atoms with Gasteiger partial charge in [0.2, 0.25) is 6.39 Å². The van der Waals surface area contributed by atoms with Crippen LogP contribution in [-0.4, -0.2) is 66.3 Å². The molecular weight excluding hydrogens is 206 g/mol. The van der Waals surface area contributed by atoms with Crippen LogP contribution in [0.1, 0.15) is 5.82 Å². The zero-order chi connectivity index (χ0) is 11.2. The predicted molar refractivity (Wildman–Crippen MR) is 59.9 cm³/mol. The van der Waals surface area contributed by atoms with Gasteiger partial charge in [0, 0.05) is 39.3 Å². The second-order valence-electron chi connectivity index (χ2n) is 4.17. The molecule has 1 aromatic heterocycles. The second-order valence-corrected chi connectivity index (χ2v) is 4.17. The van der Waals surface area contributed by atoms with Gasteiger partial charge in [0.1, 0.15) is 0 Å². The van der Waals surface area contributed by atoms with E-state index in [0.29, 0.717) is 6.54 Å². The summed E-state index contributed by atoms with van der Waals surface area (Å²) in [6.07, 6.45) is 1.36. The molecule has 6 heteroatoms. The van der Waals surface area contributed by atoms with Crippen molar-refractivity contribution in [2.75, 3.05) is 46.3 Å². The molecule has 0 radical (unpaired) electrons. The van der Waals surface area contributed by atoms with E-state index in [1.807, 2.05) is 0 Å². The number of hydrogen-bond donors (Lipinski definition) is 1. The molecule has 0 spiro atoms. The lowest BCUT2D eigenvalue weighted by atomic mass is 10.3. The minimum absolute atomic E-state index is 0.685. The minimum Gasteiger partial charge on any atom is -0.343 e. The Bertz CT molecular complexity index is 281. The molecule has 0 aromatic carbocycles. The van der Waals surface area contributed by atoms with Crippen LogP contribution in [0, 0.1) is 0 Å². The summed E-state index contributed by atoms with van der Waals surface area (Å²) in [6, 6.07) is 0. The number of hydrogen-bond acceptors (Lipinski definition) is 6. The molecule has 0 aliphatic carbocycles. The van der Waals surface area contributed by atoms with E-state index >= 15 is 0 Å². The minimum atomic E-state index is 0.685. The van der Waals surface area contributed by atoms with Gasteiger partial charge in [0.25, 0.3) is 0 Å². The van der Waals surface area contributed by atoms with Crippen molar-refractivity contribution in [1.29, 1.82) is 0 Å². The van der Waals surface area contributed by atoms with Gasteiger partial charge < -0.3 is 14.7 Å². The summed E-state index contributed by atoms with van der Waals surface area (Å²) in [5.41, 5.74) is 0. The Morgan fingerprint density at radius 3 is 2.88 bits per heavy atom. The molecule has 1 aromatic rings. The molecule has 6 nitrogen and oxygen atoms in total. The molecule has 2 heterocycles. The molecule has 0 amide bonds. The van der Waals surface area contributed by atoms with E-state index < -0.39 is 0 Å². The summed E-state index contributed by atoms with van der Waals surface area (Å²) in [4.78, 5) is 8.79. The number of rotatable bonds is 5. The smallest absolute Gasteiger partial charge is 0.213 e. The number of aromatic nitrogens is 2. The van der Waals surface area contributed by atoms with Gasteiger partial charge in [-0.3, -0.25) is 4.90 Å². The Hall–Kier alpha value is -0.980. The van der Waals surface area contributed by atoms with Crippen LogP contribution in [0.3, 0.4) is 0 Å². The lowest BCUT2D eigenvalue weighted by Crippen LogP contribution is -2.46. The van der Waals surface area contributed by atoms with Crippen molar-refractivity contribution in [2.24, 2.45) is 0 Å². The highest BCUT2D eigenvalue weighted by Crippen LogP contribution is 1.97. The van der Waals surface area contributed by atoms with Crippen LogP contribution in [-0.2, 0) is 6.54 Å². The van der Waals surface area contributed by atoms with Crippen LogP contribution in [0.15, 0.2) is 10.9 Å². The molecule has 16 heavy (non-hydrogen) atoms. The normalized spacial score (nSPS) is 19.1. The predicted octanol–water partition coefficient (Wildman–Crippen LogP) is -0.593. The fourth-order valence-corrected chi connectivity index (χ4v) is 1.78. The fraction of sp³-hybridized carbons (Fsp3) is 0.800. The van der Waals surface area contributed by atoms with Crippen molar-refractivity contribution >= 4 is 0 Å². The molecule has 0 unspecified atom stereocenters. The molecule has 1 saturated heterocycles. The topological polar surface area (TPSA) is 57.4 Å². The van der Waals surface area contributed by atoms with Crippen molar-refractivity contribution in [3.63, 3.8) is 0 Å². The van der Waals surface area contributed by atoms with E-state index in [9.17, 15) is 0 Å². The average Bonchev–Trinajstić information content (AvgIpc) is 2.80. The Morgan fingerprint density at radius 2 is 2.19 bits per heavy atom. The van der Waals surface area contributed by atoms with E-state index in [1.54, 1.807) is 0 Å². The molecule has 1 fully saturated rings. The summed E-state index contributed by atoms with van der Waals surface area (Å²) in [5, 5.41) is 7.05. The first-order valence-corrected chi connectivity index (χ1v) is 5.71. The maximum atomic E-state index is 4.66. The van der Waals surface area contributed by atoms with Crippen molar-refractivity contribution in [3.05, 3.63) is 12.2 Å². The summed E-state index contributed by atoms with van der Waals surface area (Å²) >= 11 is 0. The van der Waals surface area contributed by atoms with Crippen LogP contribution in [0.4, 0.5) is 0 Å². The Labute approximate surface area is 95.6 Å². The van der Waals surface area contributed by atoms with Gasteiger partial charge >= 0.3 is 0 Å². The first kappa shape index (κ1) is 11.5. The summed E-state index contributed by atoms with van der Waals surface area (Å²) in [6.45, 7) is 7.42. The highest BCUT2D eigenvalue weighted by atomic mass is 16.5. The Balaban J connectivity index is 1.55. The van der Waals surface area contributed by atoms with Crippen LogP contribution in [0.5, 0.6) is 0 Å². The quantitative estimate of drug-likeness (QED) is 0.676. The van der Waals surface area contributed by atoms with Crippen LogP contribution >= 0.6 is 0 Å². The van der Waals surface area contributed by atoms with Gasteiger partial charge in [-0.25, -0.2) is 0 Å². The van der Waals surface area contributed by atoms with E-state index in [2.05, 4.69) is 36.8 Å². The highest BCUT2D eigenvalue weighted by Gasteiger charge is 2.12. The van der Waals surface area contributed by atoms with E-state index in [4.69, 9.17) is 0 Å². The maximum absolute atomic E-state index is 4.66. The molecule has 0 saturated carbocycles. The van der Waals surface area contributed by atoms with Gasteiger partial charge in [-0.15, -0.1) is 0 Å². The number of piperazine rings is 1. The van der Waals surface area contributed by atoms with Crippen molar-refractivity contribution in [3.8, 4) is 0 Å². The summed E-state index contributed by atoms with van der Waals surface area (Å²) in [7, 11) is 2.17. The van der Waals surface area contributed by atoms with Crippen LogP contribution in [0.2, 0.25) is 0 Å². The third kappa shape index (κ3) is 3.55. The molecule has 0 atom stereocenters. The van der Waals surface area contributed by atoms with Crippen molar-refractivity contribution in [1.82, 2.24) is 25.3 Å². The third-order valence-electron chi connectivity index (χ3n) is 2.89. The van der Waals surface area contributed by atoms with Crippen LogP contribution < -0.4 is 5.32 Å². The van der Waals surface area contributed by atoms with Crippen molar-refractivity contribution < 1.29 is 4.52 Å². The van der Waals surface area contributed by atoms with Gasteiger partial charge in [0.05, 0.1) is 6.54 Å². The number of nitrogens with zero attached hydrogens (tertiary/aromatic N) is 4. The zero-order valence-electron chi connectivity index (χ0n) is 9.72. The van der Waals surface area contributed by atoms with Gasteiger partial charge in [-0.1, -0.05) is 5.16 Å². The van der Waals surface area contributed by atoms with Crippen molar-refractivity contribution in [2.45, 2.75) is 6.54 Å². The SMILES string of the molecule is CN1CCN(CCNCc2ncon2)CC1. The lowest BCUT2D eigenvalue weighted by molar-refractivity contribution is 0.154. The molecule has 1 aliphatic heterocycles. The highest BCUT2D eigenvalue weighted by molar-refractivity contribution is 4.76. The molecule has 1 N–H and O–H groups in total. The van der Waals surface area contributed by atoms with E-state index in [1.165, 1.54) is 32.6 Å². The van der Waals surface area contributed by atoms with E-state index in [-0.39, 0.29) is 0 Å². The lowest BCUT2D eigenvalue weighted by Gasteiger charge is -2.32. The van der Waals surface area contributed by atoms with Gasteiger partial charge in [-0.2, -0.15) is 4.98 Å². The molecule has 90 valence electrons. The summed E-state index contributed by atoms with van der Waals surface area (Å²) in [5.74, 6) is 0.721. The van der Waals surface area contributed by atoms with Crippen LogP contribution in [0.25, 0.3) is 0 Å². The zero-order valence-corrected chi connectivity index (χ0v) is 9.72. The molecule has 0 bridgehead atoms. The van der Waals surface area contributed by atoms with Gasteiger partial charge in [0.15, 0.2) is 5.82 Å². The second kappa shape index (κ2) is 5.93. The summed E-state index contributed by atoms with van der Waals surface area (Å²) < 4.78 is 4.66. The Morgan fingerprint density at radius 1 is 1.38 bits per heavy atom. The first-order chi connectivity index (χ1) is 7.84. The molecule has 1 aliphatic rings. The van der Waals surface area contributed by atoms with E-state index in [0.717, 1.165) is 18.9 Å². The monoisotopic (exact) mass is 225 g/mol.